The van der Waals surface area contributed by atoms with Crippen LogP contribution in [0.2, 0.25) is 0 Å². The molecule has 0 saturated heterocycles. The molecule has 2 aliphatic carbocycles. The topological polar surface area (TPSA) is 50.4 Å². The van der Waals surface area contributed by atoms with Crippen LogP contribution in [0.4, 0.5) is 0 Å². The molecule has 1 N–H and O–H groups in total. The summed E-state index contributed by atoms with van der Waals surface area (Å²) < 4.78 is 5.48. The summed E-state index contributed by atoms with van der Waals surface area (Å²) in [6.07, 6.45) is 1.69. The van der Waals surface area contributed by atoms with Crippen molar-refractivity contribution in [3.63, 3.8) is 0 Å². The second-order valence-electron chi connectivity index (χ2n) is 4.55. The highest BCUT2D eigenvalue weighted by Crippen LogP contribution is 2.34. The van der Waals surface area contributed by atoms with Gasteiger partial charge >= 0.3 is 5.97 Å². The van der Waals surface area contributed by atoms with E-state index in [0.717, 1.165) is 33.2 Å². The number of hydrogen-bond acceptors (Lipinski definition) is 2. The first-order chi connectivity index (χ1) is 8.58. The van der Waals surface area contributed by atoms with Crippen LogP contribution >= 0.6 is 0 Å². The summed E-state index contributed by atoms with van der Waals surface area (Å²) in [7, 11) is 0. The average Bonchev–Trinajstić information content (AvgIpc) is 2.84. The quantitative estimate of drug-likeness (QED) is 0.702. The third-order valence-electron chi connectivity index (χ3n) is 3.34. The van der Waals surface area contributed by atoms with Crippen LogP contribution < -0.4 is 0 Å². The smallest absolute Gasteiger partial charge is 0.336 e. The number of carbonyl (C=O) groups is 1. The number of hydrogen-bond donors (Lipinski definition) is 1. The van der Waals surface area contributed by atoms with Crippen molar-refractivity contribution in [1.82, 2.24) is 0 Å². The Kier molecular flexibility index (Phi) is 2.17. The second kappa shape index (κ2) is 3.60. The van der Waals surface area contributed by atoms with Gasteiger partial charge in [-0.15, -0.1) is 0 Å². The van der Waals surface area contributed by atoms with Crippen LogP contribution in [-0.4, -0.2) is 11.1 Å². The van der Waals surface area contributed by atoms with Crippen molar-refractivity contribution in [3.05, 3.63) is 47.2 Å². The average molecular weight is 240 g/mol. The molecule has 3 heteroatoms. The largest absolute Gasteiger partial charge is 0.478 e. The molecule has 3 nitrogen and oxygen atoms in total. The Balaban J connectivity index is 2.49. The SMILES string of the molecule is Cc1cc2occ(C)c2cc2c(C(=O)O)ccc1-2. The fourth-order valence-electron chi connectivity index (χ4n) is 2.37. The number of aryl methyl sites for hydroxylation is 2. The lowest BCUT2D eigenvalue weighted by molar-refractivity contribution is 0.0698. The summed E-state index contributed by atoms with van der Waals surface area (Å²) in [5.74, 6) is -0.898. The Morgan fingerprint density at radius 3 is 2.61 bits per heavy atom. The van der Waals surface area contributed by atoms with E-state index in [0.29, 0.717) is 5.56 Å². The molecule has 2 aliphatic rings. The maximum absolute atomic E-state index is 11.2. The number of furan rings is 1. The molecule has 0 spiro atoms. The minimum Gasteiger partial charge on any atom is -0.478 e. The summed E-state index contributed by atoms with van der Waals surface area (Å²) >= 11 is 0. The zero-order chi connectivity index (χ0) is 12.9. The standard InChI is InChI=1S/C15H12O3/c1-8-5-14-12(9(2)7-18-14)6-13-10(8)3-4-11(13)15(16)17/h3-7H,1-2H3,(H,16,17). The van der Waals surface area contributed by atoms with Crippen LogP contribution in [0, 0.1) is 13.8 Å². The lowest BCUT2D eigenvalue weighted by Crippen LogP contribution is -1.94. The molecule has 0 amide bonds. The minimum absolute atomic E-state index is 0.339. The molecule has 3 rings (SSSR count). The van der Waals surface area contributed by atoms with Crippen molar-refractivity contribution < 1.29 is 14.3 Å². The molecule has 0 radical (unpaired) electrons. The molecule has 0 atom stereocenters. The zero-order valence-electron chi connectivity index (χ0n) is 10.2. The van der Waals surface area contributed by atoms with Crippen molar-refractivity contribution in [2.45, 2.75) is 13.8 Å². The van der Waals surface area contributed by atoms with E-state index in [1.54, 1.807) is 12.3 Å². The molecule has 1 aromatic rings. The van der Waals surface area contributed by atoms with E-state index in [1.165, 1.54) is 0 Å². The van der Waals surface area contributed by atoms with Gasteiger partial charge in [-0.05, 0) is 54.3 Å². The van der Waals surface area contributed by atoms with Gasteiger partial charge < -0.3 is 9.52 Å². The van der Waals surface area contributed by atoms with Gasteiger partial charge in [0.05, 0.1) is 11.8 Å². The highest BCUT2D eigenvalue weighted by Gasteiger charge is 2.17. The first-order valence-corrected chi connectivity index (χ1v) is 5.72. The van der Waals surface area contributed by atoms with Crippen molar-refractivity contribution in [3.8, 4) is 11.1 Å². The molecule has 0 unspecified atom stereocenters. The van der Waals surface area contributed by atoms with Crippen LogP contribution in [0.15, 0.2) is 34.9 Å². The van der Waals surface area contributed by atoms with Crippen LogP contribution in [0.25, 0.3) is 22.1 Å². The van der Waals surface area contributed by atoms with Gasteiger partial charge in [-0.2, -0.15) is 0 Å². The number of fused-ring (bicyclic) bond motifs is 2. The van der Waals surface area contributed by atoms with E-state index in [2.05, 4.69) is 0 Å². The fourth-order valence-corrected chi connectivity index (χ4v) is 2.37. The molecule has 0 saturated carbocycles. The van der Waals surface area contributed by atoms with E-state index >= 15 is 0 Å². The van der Waals surface area contributed by atoms with Gasteiger partial charge in [0, 0.05) is 5.39 Å². The van der Waals surface area contributed by atoms with E-state index in [9.17, 15) is 9.90 Å². The Hall–Kier alpha value is -2.29. The molecule has 0 aliphatic heterocycles. The number of carboxylic acid groups (broad SMARTS) is 1. The summed E-state index contributed by atoms with van der Waals surface area (Å²) in [5.41, 5.74) is 4.88. The van der Waals surface area contributed by atoms with E-state index in [-0.39, 0.29) is 0 Å². The lowest BCUT2D eigenvalue weighted by atomic mass is 10.1. The summed E-state index contributed by atoms with van der Waals surface area (Å²) in [5, 5.41) is 10.2. The normalized spacial score (nSPS) is 11.2. The molecular weight excluding hydrogens is 228 g/mol. The zero-order valence-corrected chi connectivity index (χ0v) is 10.2. The molecule has 0 fully saturated rings. The summed E-state index contributed by atoms with van der Waals surface area (Å²) in [6.45, 7) is 3.92. The van der Waals surface area contributed by atoms with E-state index in [1.807, 2.05) is 32.0 Å². The van der Waals surface area contributed by atoms with Crippen molar-refractivity contribution in [2.24, 2.45) is 0 Å². The van der Waals surface area contributed by atoms with Gasteiger partial charge in [0.1, 0.15) is 5.58 Å². The van der Waals surface area contributed by atoms with Gasteiger partial charge in [0.15, 0.2) is 0 Å². The minimum atomic E-state index is -0.898. The Morgan fingerprint density at radius 1 is 1.11 bits per heavy atom. The van der Waals surface area contributed by atoms with Crippen LogP contribution in [0.3, 0.4) is 0 Å². The third-order valence-corrected chi connectivity index (χ3v) is 3.34. The lowest BCUT2D eigenvalue weighted by Gasteiger charge is -1.98. The molecule has 0 aromatic carbocycles. The maximum Gasteiger partial charge on any atom is 0.336 e. The molecule has 0 bridgehead atoms. The highest BCUT2D eigenvalue weighted by molar-refractivity contribution is 6.00. The third kappa shape index (κ3) is 1.40. The Labute approximate surface area is 104 Å². The van der Waals surface area contributed by atoms with Gasteiger partial charge in [-0.3, -0.25) is 0 Å². The van der Waals surface area contributed by atoms with Crippen LogP contribution in [-0.2, 0) is 0 Å². The summed E-state index contributed by atoms with van der Waals surface area (Å²) in [6, 6.07) is 7.36. The molecule has 90 valence electrons. The highest BCUT2D eigenvalue weighted by atomic mass is 16.4. The van der Waals surface area contributed by atoms with Crippen molar-refractivity contribution in [2.75, 3.05) is 0 Å². The predicted molar refractivity (Wildman–Crippen MR) is 69.3 cm³/mol. The number of carboxylic acids is 1. The summed E-state index contributed by atoms with van der Waals surface area (Å²) in [4.78, 5) is 11.2. The van der Waals surface area contributed by atoms with Crippen molar-refractivity contribution >= 4 is 16.9 Å². The predicted octanol–water partition coefficient (Wildman–Crippen LogP) is 3.85. The number of rotatable bonds is 1. The fraction of sp³-hybridized carbons (Fsp3) is 0.133. The van der Waals surface area contributed by atoms with Gasteiger partial charge in [0.2, 0.25) is 0 Å². The number of aromatic carboxylic acids is 1. The first kappa shape index (κ1) is 10.8. The van der Waals surface area contributed by atoms with Gasteiger partial charge in [-0.25, -0.2) is 4.79 Å². The Morgan fingerprint density at radius 2 is 1.89 bits per heavy atom. The molecular formula is C15H12O3. The molecule has 18 heavy (non-hydrogen) atoms. The molecule has 1 heterocycles. The Bertz CT molecular complexity index is 737. The molecule has 1 aromatic heterocycles. The van der Waals surface area contributed by atoms with Gasteiger partial charge in [-0.1, -0.05) is 6.07 Å². The van der Waals surface area contributed by atoms with Crippen LogP contribution in [0.5, 0.6) is 0 Å². The van der Waals surface area contributed by atoms with Crippen LogP contribution in [0.1, 0.15) is 21.5 Å². The first-order valence-electron chi connectivity index (χ1n) is 5.72. The van der Waals surface area contributed by atoms with E-state index in [4.69, 9.17) is 4.42 Å². The van der Waals surface area contributed by atoms with E-state index < -0.39 is 5.97 Å². The van der Waals surface area contributed by atoms with Crippen molar-refractivity contribution in [1.29, 1.82) is 0 Å². The second-order valence-corrected chi connectivity index (χ2v) is 4.55. The van der Waals surface area contributed by atoms with Gasteiger partial charge in [0.25, 0.3) is 0 Å². The maximum atomic E-state index is 11.2. The monoisotopic (exact) mass is 240 g/mol.